The molecule has 0 fully saturated rings. The van der Waals surface area contributed by atoms with Crippen molar-refractivity contribution in [3.63, 3.8) is 0 Å². The summed E-state index contributed by atoms with van der Waals surface area (Å²) >= 11 is 0. The lowest BCUT2D eigenvalue weighted by Gasteiger charge is -2.11. The predicted molar refractivity (Wildman–Crippen MR) is 75.8 cm³/mol. The summed E-state index contributed by atoms with van der Waals surface area (Å²) in [6.45, 7) is 4.03. The van der Waals surface area contributed by atoms with Crippen LogP contribution in [0.2, 0.25) is 0 Å². The van der Waals surface area contributed by atoms with Gasteiger partial charge in [0.25, 0.3) is 0 Å². The molecule has 2 rings (SSSR count). The molecule has 100 valence electrons. The molecule has 0 radical (unpaired) electrons. The monoisotopic (exact) mass is 258 g/mol. The molecular weight excluding hydrogens is 240 g/mol. The average molecular weight is 258 g/mol. The summed E-state index contributed by atoms with van der Waals surface area (Å²) in [5, 5.41) is 7.04. The Hall–Kier alpha value is -2.30. The van der Waals surface area contributed by atoms with Crippen LogP contribution in [0.3, 0.4) is 0 Å². The normalized spacial score (nSPS) is 10.7. The maximum Gasteiger partial charge on any atom is 0.229 e. The number of amides is 1. The van der Waals surface area contributed by atoms with Gasteiger partial charge in [-0.25, -0.2) is 4.68 Å². The highest BCUT2D eigenvalue weighted by Crippen LogP contribution is 2.14. The molecule has 0 saturated heterocycles. The number of hydrogen-bond donors (Lipinski definition) is 2. The molecule has 1 amide bonds. The molecular formula is C14H18N4O. The van der Waals surface area contributed by atoms with Crippen LogP contribution in [0.1, 0.15) is 25.5 Å². The molecule has 0 saturated carbocycles. The van der Waals surface area contributed by atoms with E-state index in [0.29, 0.717) is 12.1 Å². The maximum absolute atomic E-state index is 12.0. The van der Waals surface area contributed by atoms with Gasteiger partial charge >= 0.3 is 0 Å². The molecule has 0 bridgehead atoms. The molecule has 1 aromatic heterocycles. The second-order valence-corrected chi connectivity index (χ2v) is 4.72. The summed E-state index contributed by atoms with van der Waals surface area (Å²) < 4.78 is 1.78. The van der Waals surface area contributed by atoms with Crippen molar-refractivity contribution >= 4 is 17.4 Å². The van der Waals surface area contributed by atoms with Gasteiger partial charge in [0.15, 0.2) is 0 Å². The van der Waals surface area contributed by atoms with E-state index in [4.69, 9.17) is 5.73 Å². The van der Waals surface area contributed by atoms with Crippen molar-refractivity contribution in [1.82, 2.24) is 9.78 Å². The second kappa shape index (κ2) is 5.56. The van der Waals surface area contributed by atoms with Crippen molar-refractivity contribution in [1.29, 1.82) is 0 Å². The number of rotatable bonds is 4. The zero-order chi connectivity index (χ0) is 13.8. The third-order valence-electron chi connectivity index (χ3n) is 2.77. The van der Waals surface area contributed by atoms with Crippen LogP contribution in [0, 0.1) is 0 Å². The summed E-state index contributed by atoms with van der Waals surface area (Å²) in [5.74, 6) is 0.655. The van der Waals surface area contributed by atoms with Gasteiger partial charge in [-0.1, -0.05) is 12.1 Å². The van der Waals surface area contributed by atoms with Crippen LogP contribution in [-0.4, -0.2) is 15.7 Å². The molecule has 0 spiro atoms. The number of hydrogen-bond acceptors (Lipinski definition) is 3. The Kier molecular flexibility index (Phi) is 3.85. The number of nitrogens with zero attached hydrogens (tertiary/aromatic N) is 2. The molecule has 5 heteroatoms. The minimum absolute atomic E-state index is 0.0628. The van der Waals surface area contributed by atoms with Gasteiger partial charge in [0.2, 0.25) is 5.91 Å². The minimum Gasteiger partial charge on any atom is -0.399 e. The maximum atomic E-state index is 12.0. The topological polar surface area (TPSA) is 72.9 Å². The van der Waals surface area contributed by atoms with Gasteiger partial charge in [-0.2, -0.15) is 5.10 Å². The molecule has 1 heterocycles. The first-order valence-corrected chi connectivity index (χ1v) is 6.24. The number of nitrogens with two attached hydrogens (primary N) is 1. The van der Waals surface area contributed by atoms with Crippen molar-refractivity contribution in [2.24, 2.45) is 0 Å². The Balaban J connectivity index is 2.01. The van der Waals surface area contributed by atoms with E-state index in [0.717, 1.165) is 11.4 Å². The van der Waals surface area contributed by atoms with Crippen LogP contribution in [0.25, 0.3) is 0 Å². The molecule has 0 aliphatic rings. The van der Waals surface area contributed by atoms with Gasteiger partial charge < -0.3 is 11.1 Å². The van der Waals surface area contributed by atoms with Crippen LogP contribution in [0.4, 0.5) is 11.5 Å². The van der Waals surface area contributed by atoms with Gasteiger partial charge in [-0.3, -0.25) is 4.79 Å². The van der Waals surface area contributed by atoms with Crippen LogP contribution >= 0.6 is 0 Å². The summed E-state index contributed by atoms with van der Waals surface area (Å²) in [6.07, 6.45) is 2.00. The fourth-order valence-corrected chi connectivity index (χ4v) is 1.83. The van der Waals surface area contributed by atoms with Crippen LogP contribution in [0.5, 0.6) is 0 Å². The molecule has 0 atom stereocenters. The number of anilines is 2. The highest BCUT2D eigenvalue weighted by atomic mass is 16.1. The molecule has 5 nitrogen and oxygen atoms in total. The predicted octanol–water partition coefficient (Wildman–Crippen LogP) is 2.23. The molecule has 19 heavy (non-hydrogen) atoms. The molecule has 0 aliphatic carbocycles. The molecule has 0 aliphatic heterocycles. The standard InChI is InChI=1S/C14H18N4O/c1-10(2)18-13(7-8-16-18)17-14(19)9-11-3-5-12(15)6-4-11/h3-8,10H,9,15H2,1-2H3,(H,17,19). The third kappa shape index (κ3) is 3.34. The molecule has 0 unspecified atom stereocenters. The first-order valence-electron chi connectivity index (χ1n) is 6.24. The molecule has 3 N–H and O–H groups in total. The van der Waals surface area contributed by atoms with E-state index < -0.39 is 0 Å². The number of carbonyl (C=O) groups excluding carboxylic acids is 1. The Morgan fingerprint density at radius 3 is 2.63 bits per heavy atom. The average Bonchev–Trinajstić information content (AvgIpc) is 2.80. The summed E-state index contributed by atoms with van der Waals surface area (Å²) in [4.78, 5) is 12.0. The highest BCUT2D eigenvalue weighted by molar-refractivity contribution is 5.91. The summed E-state index contributed by atoms with van der Waals surface area (Å²) in [6, 6.07) is 9.30. The zero-order valence-corrected chi connectivity index (χ0v) is 11.1. The zero-order valence-electron chi connectivity index (χ0n) is 11.1. The van der Waals surface area contributed by atoms with Gasteiger partial charge in [-0.15, -0.1) is 0 Å². The van der Waals surface area contributed by atoms with Gasteiger partial charge in [0, 0.05) is 17.8 Å². The van der Waals surface area contributed by atoms with Gasteiger partial charge in [0.1, 0.15) is 5.82 Å². The fourth-order valence-electron chi connectivity index (χ4n) is 1.83. The van der Waals surface area contributed by atoms with Crippen LogP contribution in [-0.2, 0) is 11.2 Å². The second-order valence-electron chi connectivity index (χ2n) is 4.72. The number of nitrogens with one attached hydrogen (secondary N) is 1. The van der Waals surface area contributed by atoms with E-state index in [-0.39, 0.29) is 11.9 Å². The lowest BCUT2D eigenvalue weighted by molar-refractivity contribution is -0.115. The number of aromatic nitrogens is 2. The van der Waals surface area contributed by atoms with Gasteiger partial charge in [0.05, 0.1) is 12.6 Å². The van der Waals surface area contributed by atoms with E-state index in [1.54, 1.807) is 29.1 Å². The van der Waals surface area contributed by atoms with Crippen molar-refractivity contribution in [3.8, 4) is 0 Å². The third-order valence-corrected chi connectivity index (χ3v) is 2.77. The SMILES string of the molecule is CC(C)n1nccc1NC(=O)Cc1ccc(N)cc1. The van der Waals surface area contributed by atoms with E-state index in [2.05, 4.69) is 10.4 Å². The van der Waals surface area contributed by atoms with Crippen LogP contribution in [0.15, 0.2) is 36.5 Å². The highest BCUT2D eigenvalue weighted by Gasteiger charge is 2.09. The number of benzene rings is 1. The van der Waals surface area contributed by atoms with Gasteiger partial charge in [-0.05, 0) is 31.5 Å². The number of nitrogen functional groups attached to an aromatic ring is 1. The van der Waals surface area contributed by atoms with E-state index in [9.17, 15) is 4.79 Å². The first kappa shape index (κ1) is 13.1. The summed E-state index contributed by atoms with van der Waals surface area (Å²) in [5.41, 5.74) is 7.24. The largest absolute Gasteiger partial charge is 0.399 e. The Bertz CT molecular complexity index is 557. The van der Waals surface area contributed by atoms with E-state index in [1.165, 1.54) is 0 Å². The van der Waals surface area contributed by atoms with E-state index in [1.807, 2.05) is 26.0 Å². The lowest BCUT2D eigenvalue weighted by atomic mass is 10.1. The summed E-state index contributed by atoms with van der Waals surface area (Å²) in [7, 11) is 0. The molecule has 2 aromatic rings. The van der Waals surface area contributed by atoms with Crippen molar-refractivity contribution in [2.45, 2.75) is 26.3 Å². The van der Waals surface area contributed by atoms with E-state index >= 15 is 0 Å². The molecule has 1 aromatic carbocycles. The fraction of sp³-hybridized carbons (Fsp3) is 0.286. The Morgan fingerprint density at radius 2 is 2.00 bits per heavy atom. The Morgan fingerprint density at radius 1 is 1.32 bits per heavy atom. The Labute approximate surface area is 112 Å². The first-order chi connectivity index (χ1) is 9.06. The number of carbonyl (C=O) groups is 1. The van der Waals surface area contributed by atoms with Crippen molar-refractivity contribution in [2.75, 3.05) is 11.1 Å². The lowest BCUT2D eigenvalue weighted by Crippen LogP contribution is -2.18. The van der Waals surface area contributed by atoms with Crippen molar-refractivity contribution < 1.29 is 4.79 Å². The quantitative estimate of drug-likeness (QED) is 0.826. The van der Waals surface area contributed by atoms with Crippen molar-refractivity contribution in [3.05, 3.63) is 42.1 Å². The minimum atomic E-state index is -0.0628. The van der Waals surface area contributed by atoms with Crippen LogP contribution < -0.4 is 11.1 Å². The smallest absolute Gasteiger partial charge is 0.229 e.